The molecule has 4 N–H and O–H groups in total. The van der Waals surface area contributed by atoms with E-state index in [-0.39, 0.29) is 31.5 Å². The number of halogens is 3. The number of nitrogens with zero attached hydrogens (tertiary/aromatic N) is 1. The van der Waals surface area contributed by atoms with E-state index in [4.69, 9.17) is 14.2 Å². The van der Waals surface area contributed by atoms with Crippen LogP contribution in [0.1, 0.15) is 67.0 Å². The van der Waals surface area contributed by atoms with Gasteiger partial charge in [0.15, 0.2) is 0 Å². The van der Waals surface area contributed by atoms with Gasteiger partial charge in [-0.3, -0.25) is 23.9 Å². The normalized spacial score (nSPS) is 17.1. The number of methoxy groups -OCH3 is 2. The van der Waals surface area contributed by atoms with E-state index in [2.05, 4.69) is 10.3 Å². The first-order valence-corrected chi connectivity index (χ1v) is 18.2. The van der Waals surface area contributed by atoms with Gasteiger partial charge in [-0.2, -0.15) is 13.2 Å². The van der Waals surface area contributed by atoms with E-state index >= 15 is 0 Å². The lowest BCUT2D eigenvalue weighted by molar-refractivity contribution is -0.173. The molecule has 0 bridgehead atoms. The van der Waals surface area contributed by atoms with Crippen LogP contribution in [0.15, 0.2) is 101 Å². The van der Waals surface area contributed by atoms with Crippen molar-refractivity contribution < 1.29 is 42.1 Å². The molecule has 0 spiro atoms. The molecular formula is C41H45F3N4O8. The first kappa shape index (κ1) is 41.5. The molecule has 3 aromatic carbocycles. The monoisotopic (exact) mass is 778 g/mol. The first-order chi connectivity index (χ1) is 26.8. The van der Waals surface area contributed by atoms with Gasteiger partial charge in [0.25, 0.3) is 5.56 Å². The summed E-state index contributed by atoms with van der Waals surface area (Å²) in [6.45, 7) is 0.179. The van der Waals surface area contributed by atoms with Gasteiger partial charge in [-0.1, -0.05) is 67.4 Å². The van der Waals surface area contributed by atoms with Crippen LogP contribution in [-0.2, 0) is 19.7 Å². The second kappa shape index (κ2) is 18.8. The third-order valence-electron chi connectivity index (χ3n) is 9.81. The summed E-state index contributed by atoms with van der Waals surface area (Å²) >= 11 is 0. The number of hydrogen-bond donors (Lipinski definition) is 4. The summed E-state index contributed by atoms with van der Waals surface area (Å²) in [6.07, 6.45) is -1.54. The number of carbonyl (C=O) groups excluding carboxylic acids is 2. The molecule has 0 radical (unpaired) electrons. The SMILES string of the molecule is COc1ccc(C(CC2OC(n3cc(/C=C/C(=O)NCCCCCCNC(=O)C(F)(F)F)c(=O)[nH]c3=O)CC2O)(c2ccccc2)c2ccc(OC)cc2)cc1. The number of aliphatic hydroxyl groups is 1. The molecule has 3 atom stereocenters. The number of carbonyl (C=O) groups is 2. The Balaban J connectivity index is 1.30. The zero-order valence-electron chi connectivity index (χ0n) is 31.0. The summed E-state index contributed by atoms with van der Waals surface area (Å²) in [7, 11) is 3.19. The highest BCUT2D eigenvalue weighted by Gasteiger charge is 2.45. The van der Waals surface area contributed by atoms with Gasteiger partial charge in [0.2, 0.25) is 5.91 Å². The van der Waals surface area contributed by atoms with Crippen molar-refractivity contribution in [2.45, 2.75) is 68.6 Å². The van der Waals surface area contributed by atoms with E-state index in [9.17, 15) is 37.5 Å². The number of aromatic amines is 1. The summed E-state index contributed by atoms with van der Waals surface area (Å²) in [5.41, 5.74) is 0.475. The van der Waals surface area contributed by atoms with Crippen molar-refractivity contribution in [2.24, 2.45) is 0 Å². The maximum Gasteiger partial charge on any atom is 0.471 e. The zero-order chi connectivity index (χ0) is 40.3. The second-order valence-electron chi connectivity index (χ2n) is 13.4. The Morgan fingerprint density at radius 2 is 1.41 bits per heavy atom. The summed E-state index contributed by atoms with van der Waals surface area (Å²) in [5.74, 6) is -1.12. The Bertz CT molecular complexity index is 2020. The van der Waals surface area contributed by atoms with Gasteiger partial charge in [0.1, 0.15) is 17.7 Å². The number of unbranched alkanes of at least 4 members (excludes halogenated alkanes) is 3. The number of benzene rings is 3. The van der Waals surface area contributed by atoms with Crippen molar-refractivity contribution in [2.75, 3.05) is 27.3 Å². The highest BCUT2D eigenvalue weighted by molar-refractivity contribution is 5.91. The third kappa shape index (κ3) is 10.1. The number of alkyl halides is 3. The van der Waals surface area contributed by atoms with Crippen LogP contribution in [0.4, 0.5) is 13.2 Å². The van der Waals surface area contributed by atoms with Gasteiger partial charge < -0.3 is 30.0 Å². The number of aliphatic hydroxyl groups excluding tert-OH is 1. The van der Waals surface area contributed by atoms with Crippen molar-refractivity contribution in [3.8, 4) is 11.5 Å². The average molecular weight is 779 g/mol. The fraction of sp³-hybridized carbons (Fsp3) is 0.366. The molecule has 298 valence electrons. The minimum absolute atomic E-state index is 0.0114. The van der Waals surface area contributed by atoms with Crippen LogP contribution in [0.2, 0.25) is 0 Å². The van der Waals surface area contributed by atoms with Gasteiger partial charge in [-0.05, 0) is 66.3 Å². The molecule has 3 unspecified atom stereocenters. The van der Waals surface area contributed by atoms with Crippen LogP contribution in [0, 0.1) is 0 Å². The molecule has 2 amide bonds. The topological polar surface area (TPSA) is 161 Å². The van der Waals surface area contributed by atoms with E-state index < -0.39 is 53.1 Å². The lowest BCUT2D eigenvalue weighted by Crippen LogP contribution is -2.37. The molecule has 0 aliphatic carbocycles. The Kier molecular flexibility index (Phi) is 13.9. The molecule has 5 rings (SSSR count). The lowest BCUT2D eigenvalue weighted by Gasteiger charge is -2.38. The van der Waals surface area contributed by atoms with Crippen LogP contribution in [-0.4, -0.2) is 72.2 Å². The van der Waals surface area contributed by atoms with E-state index in [1.54, 1.807) is 14.2 Å². The second-order valence-corrected chi connectivity index (χ2v) is 13.4. The highest BCUT2D eigenvalue weighted by atomic mass is 19.4. The van der Waals surface area contributed by atoms with Gasteiger partial charge in [0.05, 0.1) is 32.0 Å². The molecule has 1 aromatic heterocycles. The first-order valence-electron chi connectivity index (χ1n) is 18.2. The van der Waals surface area contributed by atoms with Gasteiger partial charge >= 0.3 is 17.8 Å². The van der Waals surface area contributed by atoms with Crippen molar-refractivity contribution in [1.29, 1.82) is 0 Å². The molecule has 2 heterocycles. The fourth-order valence-corrected chi connectivity index (χ4v) is 6.87. The highest BCUT2D eigenvalue weighted by Crippen LogP contribution is 2.47. The maximum atomic E-state index is 13.1. The molecule has 15 heteroatoms. The number of aromatic nitrogens is 2. The van der Waals surface area contributed by atoms with Crippen LogP contribution in [0.25, 0.3) is 6.08 Å². The largest absolute Gasteiger partial charge is 0.497 e. The summed E-state index contributed by atoms with van der Waals surface area (Å²) in [6, 6.07) is 25.3. The number of H-pyrrole nitrogens is 1. The van der Waals surface area contributed by atoms with E-state index in [1.807, 2.05) is 84.2 Å². The Hall–Kier alpha value is -5.67. The van der Waals surface area contributed by atoms with Crippen LogP contribution >= 0.6 is 0 Å². The smallest absolute Gasteiger partial charge is 0.471 e. The van der Waals surface area contributed by atoms with Gasteiger partial charge in [0, 0.05) is 37.2 Å². The maximum absolute atomic E-state index is 13.1. The molecule has 1 fully saturated rings. The summed E-state index contributed by atoms with van der Waals surface area (Å²) < 4.78 is 55.3. The lowest BCUT2D eigenvalue weighted by atomic mass is 9.66. The van der Waals surface area contributed by atoms with Crippen molar-refractivity contribution in [3.63, 3.8) is 0 Å². The zero-order valence-corrected chi connectivity index (χ0v) is 31.0. The minimum atomic E-state index is -4.91. The van der Waals surface area contributed by atoms with Crippen LogP contribution in [0.5, 0.6) is 11.5 Å². The van der Waals surface area contributed by atoms with Crippen molar-refractivity contribution >= 4 is 17.9 Å². The van der Waals surface area contributed by atoms with Crippen molar-refractivity contribution in [1.82, 2.24) is 20.2 Å². The predicted octanol–water partition coefficient (Wildman–Crippen LogP) is 5.00. The molecule has 1 aliphatic heterocycles. The fourth-order valence-electron chi connectivity index (χ4n) is 6.87. The Morgan fingerprint density at radius 1 is 0.857 bits per heavy atom. The molecule has 0 saturated carbocycles. The van der Waals surface area contributed by atoms with E-state index in [1.165, 1.54) is 16.8 Å². The number of ether oxygens (including phenoxy) is 3. The number of rotatable bonds is 17. The number of hydrogen-bond acceptors (Lipinski definition) is 8. The Morgan fingerprint density at radius 3 is 1.96 bits per heavy atom. The minimum Gasteiger partial charge on any atom is -0.497 e. The molecule has 1 saturated heterocycles. The van der Waals surface area contributed by atoms with Crippen molar-refractivity contribution in [3.05, 3.63) is 134 Å². The number of nitrogens with one attached hydrogen (secondary N) is 3. The molecule has 4 aromatic rings. The summed E-state index contributed by atoms with van der Waals surface area (Å²) in [4.78, 5) is 51.4. The standard InChI is InChI=1S/C41H45F3N4O8/c1-54-31-17-13-29(14-18-31)40(28-10-6-5-7-11-28,30-15-19-32(55-2)20-16-30)25-34-33(49)24-36(56-34)48-26-27(37(51)47-39(48)53)12-21-35(50)45-22-8-3-4-9-23-46-38(52)41(42,43)44/h5-7,10-21,26,33-34,36,49H,3-4,8-9,22-25H2,1-2H3,(H,45,50)(H,46,52)(H,47,51,53)/b21-12+. The summed E-state index contributed by atoms with van der Waals surface area (Å²) in [5, 5.41) is 16.0. The third-order valence-corrected chi connectivity index (χ3v) is 9.81. The van der Waals surface area contributed by atoms with E-state index in [0.717, 1.165) is 22.8 Å². The predicted molar refractivity (Wildman–Crippen MR) is 202 cm³/mol. The van der Waals surface area contributed by atoms with Crippen LogP contribution < -0.4 is 31.4 Å². The Labute approximate surface area is 321 Å². The van der Waals surface area contributed by atoms with Gasteiger partial charge in [-0.15, -0.1) is 0 Å². The molecule has 1 aliphatic rings. The average Bonchev–Trinajstić information content (AvgIpc) is 3.56. The quantitative estimate of drug-likeness (QED) is 0.0663. The van der Waals surface area contributed by atoms with Gasteiger partial charge in [-0.25, -0.2) is 4.79 Å². The van der Waals surface area contributed by atoms with E-state index in [0.29, 0.717) is 37.2 Å². The van der Waals surface area contributed by atoms with Crippen LogP contribution in [0.3, 0.4) is 0 Å². The molecule has 56 heavy (non-hydrogen) atoms. The molecular weight excluding hydrogens is 733 g/mol. The molecule has 12 nitrogen and oxygen atoms in total. The number of amides is 2.